The predicted octanol–water partition coefficient (Wildman–Crippen LogP) is 3.27. The van der Waals surface area contributed by atoms with Gasteiger partial charge in [-0.25, -0.2) is 4.79 Å². The Labute approximate surface area is 95.0 Å². The zero-order valence-corrected chi connectivity index (χ0v) is 9.50. The van der Waals surface area contributed by atoms with Gasteiger partial charge in [0.05, 0.1) is 5.69 Å². The van der Waals surface area contributed by atoms with E-state index in [-0.39, 0.29) is 5.92 Å². The van der Waals surface area contributed by atoms with Crippen molar-refractivity contribution in [2.45, 2.75) is 26.3 Å². The number of nitrogens with zero attached hydrogens (tertiary/aromatic N) is 2. The summed E-state index contributed by atoms with van der Waals surface area (Å²) in [5.41, 5.74) is 0.678. The summed E-state index contributed by atoms with van der Waals surface area (Å²) >= 11 is 0. The minimum Gasteiger partial charge on any atom is -0.480 e. The second kappa shape index (κ2) is 6.00. The predicted molar refractivity (Wildman–Crippen MR) is 61.8 cm³/mol. The molecule has 16 heavy (non-hydrogen) atoms. The van der Waals surface area contributed by atoms with Gasteiger partial charge in [0.25, 0.3) is 0 Å². The fourth-order valence-corrected chi connectivity index (χ4v) is 1.27. The second-order valence-electron chi connectivity index (χ2n) is 4.03. The van der Waals surface area contributed by atoms with Crippen molar-refractivity contribution >= 4 is 11.7 Å². The van der Waals surface area contributed by atoms with Gasteiger partial charge in [-0.05, 0) is 24.5 Å². The van der Waals surface area contributed by atoms with Crippen molar-refractivity contribution in [3.8, 4) is 0 Å². The molecule has 1 unspecified atom stereocenters. The van der Waals surface area contributed by atoms with E-state index < -0.39 is 12.0 Å². The molecule has 4 nitrogen and oxygen atoms in total. The van der Waals surface area contributed by atoms with Crippen molar-refractivity contribution in [1.82, 2.24) is 0 Å². The van der Waals surface area contributed by atoms with Crippen molar-refractivity contribution in [2.75, 3.05) is 0 Å². The van der Waals surface area contributed by atoms with Gasteiger partial charge in [0.1, 0.15) is 0 Å². The molecule has 1 atom stereocenters. The molecular formula is C12H16N2O2. The Balaban J connectivity index is 2.68. The summed E-state index contributed by atoms with van der Waals surface area (Å²) < 4.78 is 0. The van der Waals surface area contributed by atoms with E-state index in [1.54, 1.807) is 12.1 Å². The molecule has 4 heteroatoms. The number of hydrogen-bond acceptors (Lipinski definition) is 3. The first-order valence-electron chi connectivity index (χ1n) is 5.28. The number of hydrogen-bond donors (Lipinski definition) is 1. The van der Waals surface area contributed by atoms with Crippen molar-refractivity contribution in [3.05, 3.63) is 30.3 Å². The van der Waals surface area contributed by atoms with Crippen LogP contribution < -0.4 is 0 Å². The Morgan fingerprint density at radius 1 is 1.31 bits per heavy atom. The van der Waals surface area contributed by atoms with Crippen LogP contribution in [0.15, 0.2) is 40.6 Å². The molecule has 0 spiro atoms. The van der Waals surface area contributed by atoms with Crippen LogP contribution in [0.2, 0.25) is 0 Å². The Morgan fingerprint density at radius 3 is 2.44 bits per heavy atom. The van der Waals surface area contributed by atoms with Crippen LogP contribution in [0, 0.1) is 5.92 Å². The summed E-state index contributed by atoms with van der Waals surface area (Å²) in [6.07, 6.45) is 0.506. The summed E-state index contributed by atoms with van der Waals surface area (Å²) in [7, 11) is 0. The maximum absolute atomic E-state index is 10.9. The van der Waals surface area contributed by atoms with E-state index in [1.807, 2.05) is 32.0 Å². The smallest absolute Gasteiger partial charge is 0.330 e. The number of carboxylic acids is 1. The molecular weight excluding hydrogens is 204 g/mol. The van der Waals surface area contributed by atoms with Crippen molar-refractivity contribution < 1.29 is 9.90 Å². The maximum atomic E-state index is 10.9. The van der Waals surface area contributed by atoms with E-state index in [2.05, 4.69) is 10.2 Å². The minimum absolute atomic E-state index is 0.288. The molecule has 1 aromatic carbocycles. The Kier molecular flexibility index (Phi) is 4.64. The molecule has 0 amide bonds. The highest BCUT2D eigenvalue weighted by Gasteiger charge is 2.17. The molecule has 0 heterocycles. The number of aliphatic carboxylic acids is 1. The fourth-order valence-electron chi connectivity index (χ4n) is 1.27. The first-order chi connectivity index (χ1) is 7.59. The molecule has 0 fully saturated rings. The third-order valence-electron chi connectivity index (χ3n) is 2.05. The topological polar surface area (TPSA) is 62.0 Å². The number of carbonyl (C=O) groups is 1. The zero-order chi connectivity index (χ0) is 12.0. The van der Waals surface area contributed by atoms with Gasteiger partial charge in [0.2, 0.25) is 0 Å². The van der Waals surface area contributed by atoms with E-state index in [9.17, 15) is 4.79 Å². The highest BCUT2D eigenvalue weighted by Crippen LogP contribution is 2.14. The summed E-state index contributed by atoms with van der Waals surface area (Å²) in [5.74, 6) is -0.635. The zero-order valence-electron chi connectivity index (χ0n) is 9.50. The highest BCUT2D eigenvalue weighted by atomic mass is 16.4. The first-order valence-corrected chi connectivity index (χ1v) is 5.28. The summed E-state index contributed by atoms with van der Waals surface area (Å²) in [4.78, 5) is 10.9. The van der Waals surface area contributed by atoms with E-state index in [0.29, 0.717) is 12.1 Å². The van der Waals surface area contributed by atoms with Crippen LogP contribution in [-0.2, 0) is 4.79 Å². The van der Waals surface area contributed by atoms with Crippen LogP contribution in [0.3, 0.4) is 0 Å². The lowest BCUT2D eigenvalue weighted by molar-refractivity contribution is -0.138. The van der Waals surface area contributed by atoms with Gasteiger partial charge in [-0.2, -0.15) is 10.2 Å². The Morgan fingerprint density at radius 2 is 1.94 bits per heavy atom. The van der Waals surface area contributed by atoms with Crippen molar-refractivity contribution in [2.24, 2.45) is 16.1 Å². The largest absolute Gasteiger partial charge is 0.480 e. The minimum atomic E-state index is -0.923. The molecule has 0 radical (unpaired) electrons. The SMILES string of the molecule is CC(C)CC(N=Nc1ccccc1)C(=O)O. The highest BCUT2D eigenvalue weighted by molar-refractivity contribution is 5.73. The lowest BCUT2D eigenvalue weighted by Gasteiger charge is -2.08. The molecule has 0 saturated carbocycles. The number of carboxylic acid groups (broad SMARTS) is 1. The van der Waals surface area contributed by atoms with Gasteiger partial charge in [-0.3, -0.25) is 0 Å². The van der Waals surface area contributed by atoms with Crippen molar-refractivity contribution in [1.29, 1.82) is 0 Å². The van der Waals surface area contributed by atoms with Gasteiger partial charge < -0.3 is 5.11 Å². The van der Waals surface area contributed by atoms with Gasteiger partial charge >= 0.3 is 5.97 Å². The van der Waals surface area contributed by atoms with E-state index in [0.717, 1.165) is 0 Å². The van der Waals surface area contributed by atoms with Crippen LogP contribution in [0.25, 0.3) is 0 Å². The third-order valence-corrected chi connectivity index (χ3v) is 2.05. The van der Waals surface area contributed by atoms with E-state index in [4.69, 9.17) is 5.11 Å². The van der Waals surface area contributed by atoms with Crippen LogP contribution >= 0.6 is 0 Å². The molecule has 1 N–H and O–H groups in total. The summed E-state index contributed by atoms with van der Waals surface area (Å²) in [6.45, 7) is 3.93. The molecule has 0 aromatic heterocycles. The fraction of sp³-hybridized carbons (Fsp3) is 0.417. The molecule has 86 valence electrons. The number of benzene rings is 1. The molecule has 0 bridgehead atoms. The van der Waals surface area contributed by atoms with Crippen LogP contribution in [0.5, 0.6) is 0 Å². The summed E-state index contributed by atoms with van der Waals surface area (Å²) in [5, 5.41) is 16.7. The van der Waals surface area contributed by atoms with Crippen LogP contribution in [0.4, 0.5) is 5.69 Å². The Bertz CT molecular complexity index is 361. The lowest BCUT2D eigenvalue weighted by atomic mass is 10.1. The molecule has 1 rings (SSSR count). The third kappa shape index (κ3) is 4.21. The summed E-state index contributed by atoms with van der Waals surface area (Å²) in [6, 6.07) is 8.39. The molecule has 1 aromatic rings. The molecule has 0 aliphatic rings. The molecule has 0 saturated heterocycles. The van der Waals surface area contributed by atoms with Gasteiger partial charge in [0, 0.05) is 0 Å². The average molecular weight is 220 g/mol. The van der Waals surface area contributed by atoms with E-state index >= 15 is 0 Å². The Hall–Kier alpha value is -1.71. The van der Waals surface area contributed by atoms with Crippen LogP contribution in [0.1, 0.15) is 20.3 Å². The average Bonchev–Trinajstić information content (AvgIpc) is 2.25. The van der Waals surface area contributed by atoms with Crippen molar-refractivity contribution in [3.63, 3.8) is 0 Å². The van der Waals surface area contributed by atoms with Gasteiger partial charge in [-0.1, -0.05) is 32.0 Å². The first kappa shape index (κ1) is 12.4. The van der Waals surface area contributed by atoms with Crippen LogP contribution in [-0.4, -0.2) is 17.1 Å². The van der Waals surface area contributed by atoms with Gasteiger partial charge in [0.15, 0.2) is 6.04 Å². The number of rotatable bonds is 5. The maximum Gasteiger partial charge on any atom is 0.330 e. The van der Waals surface area contributed by atoms with E-state index in [1.165, 1.54) is 0 Å². The molecule has 0 aliphatic carbocycles. The lowest BCUT2D eigenvalue weighted by Crippen LogP contribution is -2.19. The monoisotopic (exact) mass is 220 g/mol. The normalized spacial score (nSPS) is 13.2. The quantitative estimate of drug-likeness (QED) is 0.774. The second-order valence-corrected chi connectivity index (χ2v) is 4.03. The number of azo groups is 1. The standard InChI is InChI=1S/C12H16N2O2/c1-9(2)8-11(12(15)16)14-13-10-6-4-3-5-7-10/h3-7,9,11H,8H2,1-2H3,(H,15,16). The van der Waals surface area contributed by atoms with Gasteiger partial charge in [-0.15, -0.1) is 0 Å². The molecule has 0 aliphatic heterocycles.